The van der Waals surface area contributed by atoms with Gasteiger partial charge in [0.2, 0.25) is 11.8 Å². The molecule has 51 heavy (non-hydrogen) atoms. The van der Waals surface area contributed by atoms with Gasteiger partial charge in [0.1, 0.15) is 12.8 Å². The third-order valence-electron chi connectivity index (χ3n) is 10.4. The molecule has 0 aromatic heterocycles. The number of amides is 2. The van der Waals surface area contributed by atoms with Crippen molar-refractivity contribution in [1.82, 2.24) is 5.32 Å². The number of nitrogens with one attached hydrogen (secondary N) is 2. The fraction of sp³-hybridized carbons (Fsp3) is 0.395. The van der Waals surface area contributed by atoms with E-state index in [0.29, 0.717) is 17.7 Å². The lowest BCUT2D eigenvalue weighted by Crippen LogP contribution is -2.43. The molecule has 0 spiro atoms. The lowest BCUT2D eigenvalue weighted by Gasteiger charge is -2.34. The number of aliphatic hydroxyl groups is 1. The van der Waals surface area contributed by atoms with Crippen LogP contribution < -0.4 is 10.6 Å². The molecule has 3 N–H and O–H groups in total. The number of ether oxygens (including phenoxy) is 1. The summed E-state index contributed by atoms with van der Waals surface area (Å²) in [6, 6.07) is 25.2. The molecule has 8 nitrogen and oxygen atoms in total. The van der Waals surface area contributed by atoms with Crippen molar-refractivity contribution in [3.05, 3.63) is 96.1 Å². The van der Waals surface area contributed by atoms with Gasteiger partial charge in [-0.2, -0.15) is 0 Å². The number of allylic oxidation sites excluding steroid dienone is 1. The standard InChI is InChI=1S/C43H50N2O6/c1-5-43(4,27-32(39(48)44-28-46)26-42(2,3)41(50)51-34-15-7-6-8-16-34)40(49)45-33-21-19-29(20-22-33)38(47)24-23-37-35-17-11-9-13-30(35)25-31-14-10-12-18-36(31)37/h9-14,17-25,32,34,46H,5-8,15-16,26-28H2,1-4H3,(H,44,48)(H,45,49)/b24-23+. The Hall–Kier alpha value is -4.82. The molecular weight excluding hydrogens is 640 g/mol. The van der Waals surface area contributed by atoms with Crippen molar-refractivity contribution in [2.24, 2.45) is 16.7 Å². The largest absolute Gasteiger partial charge is 0.462 e. The molecule has 0 aliphatic heterocycles. The third kappa shape index (κ3) is 9.11. The van der Waals surface area contributed by atoms with Crippen LogP contribution in [0.1, 0.15) is 95.0 Å². The van der Waals surface area contributed by atoms with Gasteiger partial charge in [-0.15, -0.1) is 0 Å². The molecule has 0 heterocycles. The van der Waals surface area contributed by atoms with E-state index < -0.39 is 29.4 Å². The van der Waals surface area contributed by atoms with Gasteiger partial charge >= 0.3 is 5.97 Å². The molecule has 1 fully saturated rings. The zero-order valence-electron chi connectivity index (χ0n) is 30.2. The van der Waals surface area contributed by atoms with Gasteiger partial charge in [-0.05, 0) is 128 Å². The molecule has 1 saturated carbocycles. The van der Waals surface area contributed by atoms with E-state index in [-0.39, 0.29) is 36.6 Å². The van der Waals surface area contributed by atoms with Crippen molar-refractivity contribution in [3.63, 3.8) is 0 Å². The highest BCUT2D eigenvalue weighted by Crippen LogP contribution is 2.38. The first-order valence-corrected chi connectivity index (χ1v) is 18.1. The van der Waals surface area contributed by atoms with Crippen molar-refractivity contribution >= 4 is 56.9 Å². The van der Waals surface area contributed by atoms with Gasteiger partial charge in [0.05, 0.1) is 5.41 Å². The summed E-state index contributed by atoms with van der Waals surface area (Å²) in [5.74, 6) is -1.95. The number of aliphatic hydroxyl groups excluding tert-OH is 1. The first kappa shape index (κ1) is 37.4. The summed E-state index contributed by atoms with van der Waals surface area (Å²) in [6.45, 7) is 6.67. The highest BCUT2D eigenvalue weighted by molar-refractivity contribution is 6.12. The van der Waals surface area contributed by atoms with Crippen LogP contribution in [-0.4, -0.2) is 41.5 Å². The molecule has 4 aromatic rings. The van der Waals surface area contributed by atoms with E-state index in [9.17, 15) is 24.3 Å². The van der Waals surface area contributed by atoms with Crippen LogP contribution in [-0.2, 0) is 19.1 Å². The Morgan fingerprint density at radius 2 is 1.47 bits per heavy atom. The number of benzene rings is 4. The molecule has 8 heteroatoms. The van der Waals surface area contributed by atoms with E-state index in [1.807, 2.05) is 37.3 Å². The summed E-state index contributed by atoms with van der Waals surface area (Å²) in [5, 5.41) is 19.3. The van der Waals surface area contributed by atoms with E-state index in [0.717, 1.165) is 59.2 Å². The SMILES string of the molecule is CCC(C)(CC(CC(C)(C)C(=O)OC1CCCCC1)C(=O)NCO)C(=O)Nc1ccc(C(=O)/C=C/c2c3ccccc3cc3ccccc23)cc1. The fourth-order valence-electron chi connectivity index (χ4n) is 7.10. The lowest BCUT2D eigenvalue weighted by molar-refractivity contribution is -0.162. The quantitative estimate of drug-likeness (QED) is 0.0401. The summed E-state index contributed by atoms with van der Waals surface area (Å²) in [7, 11) is 0. The van der Waals surface area contributed by atoms with Crippen LogP contribution in [0.25, 0.3) is 27.6 Å². The monoisotopic (exact) mass is 690 g/mol. The minimum atomic E-state index is -0.975. The van der Waals surface area contributed by atoms with Crippen molar-refractivity contribution < 1.29 is 29.0 Å². The zero-order chi connectivity index (χ0) is 36.6. The molecule has 2 unspecified atom stereocenters. The third-order valence-corrected chi connectivity index (χ3v) is 10.4. The molecular formula is C43H50N2O6. The number of carbonyl (C=O) groups is 4. The van der Waals surface area contributed by atoms with E-state index in [1.54, 1.807) is 51.1 Å². The van der Waals surface area contributed by atoms with Crippen LogP contribution in [0.15, 0.2) is 84.9 Å². The molecule has 0 radical (unpaired) electrons. The summed E-state index contributed by atoms with van der Waals surface area (Å²) < 4.78 is 5.85. The minimum absolute atomic E-state index is 0.107. The molecule has 2 atom stereocenters. The second-order valence-electron chi connectivity index (χ2n) is 14.7. The van der Waals surface area contributed by atoms with Gasteiger partial charge in [-0.3, -0.25) is 19.2 Å². The first-order valence-electron chi connectivity index (χ1n) is 18.1. The normalized spacial score (nSPS) is 15.7. The lowest BCUT2D eigenvalue weighted by atomic mass is 9.72. The number of hydrogen-bond acceptors (Lipinski definition) is 6. The second kappa shape index (κ2) is 16.5. The summed E-state index contributed by atoms with van der Waals surface area (Å²) in [4.78, 5) is 53.5. The topological polar surface area (TPSA) is 122 Å². The number of anilines is 1. The van der Waals surface area contributed by atoms with Crippen LogP contribution in [0.2, 0.25) is 0 Å². The van der Waals surface area contributed by atoms with Gasteiger partial charge < -0.3 is 20.5 Å². The first-order chi connectivity index (χ1) is 24.4. The smallest absolute Gasteiger partial charge is 0.311 e. The summed E-state index contributed by atoms with van der Waals surface area (Å²) in [5.41, 5.74) is 0.0370. The summed E-state index contributed by atoms with van der Waals surface area (Å²) >= 11 is 0. The van der Waals surface area contributed by atoms with Gasteiger partial charge in [-0.25, -0.2) is 0 Å². The second-order valence-corrected chi connectivity index (χ2v) is 14.7. The van der Waals surface area contributed by atoms with Gasteiger partial charge in [0.15, 0.2) is 5.78 Å². The predicted octanol–water partition coefficient (Wildman–Crippen LogP) is 8.61. The maximum atomic E-state index is 13.8. The molecule has 0 saturated heterocycles. The van der Waals surface area contributed by atoms with Crippen molar-refractivity contribution in [3.8, 4) is 0 Å². The number of rotatable bonds is 14. The van der Waals surface area contributed by atoms with Gasteiger partial charge in [0, 0.05) is 22.6 Å². The van der Waals surface area contributed by atoms with Crippen molar-refractivity contribution in [2.75, 3.05) is 12.0 Å². The molecule has 4 aromatic carbocycles. The van der Waals surface area contributed by atoms with E-state index in [2.05, 4.69) is 41.0 Å². The van der Waals surface area contributed by atoms with E-state index in [1.165, 1.54) is 0 Å². The average molecular weight is 691 g/mol. The van der Waals surface area contributed by atoms with Crippen molar-refractivity contribution in [2.45, 2.75) is 85.2 Å². The number of fused-ring (bicyclic) bond motifs is 2. The van der Waals surface area contributed by atoms with Gasteiger partial charge in [0.25, 0.3) is 0 Å². The molecule has 1 aliphatic carbocycles. The van der Waals surface area contributed by atoms with Crippen molar-refractivity contribution in [1.29, 1.82) is 0 Å². The Bertz CT molecular complexity index is 1850. The highest BCUT2D eigenvalue weighted by atomic mass is 16.5. The highest BCUT2D eigenvalue weighted by Gasteiger charge is 2.42. The number of carbonyl (C=O) groups excluding carboxylic acids is 4. The van der Waals surface area contributed by atoms with Crippen LogP contribution in [0.5, 0.6) is 0 Å². The van der Waals surface area contributed by atoms with E-state index in [4.69, 9.17) is 4.74 Å². The minimum Gasteiger partial charge on any atom is -0.462 e. The number of ketones is 1. The Kier molecular flexibility index (Phi) is 12.1. The molecule has 2 amide bonds. The summed E-state index contributed by atoms with van der Waals surface area (Å²) in [6.07, 6.45) is 8.99. The Labute approximate surface area is 300 Å². The zero-order valence-corrected chi connectivity index (χ0v) is 30.2. The maximum Gasteiger partial charge on any atom is 0.311 e. The van der Waals surface area contributed by atoms with Crippen LogP contribution in [0.3, 0.4) is 0 Å². The van der Waals surface area contributed by atoms with Gasteiger partial charge in [-0.1, -0.05) is 68.8 Å². The van der Waals surface area contributed by atoms with Crippen LogP contribution in [0.4, 0.5) is 5.69 Å². The Morgan fingerprint density at radius 1 is 0.863 bits per heavy atom. The number of esters is 1. The Balaban J connectivity index is 1.27. The average Bonchev–Trinajstić information content (AvgIpc) is 3.13. The van der Waals surface area contributed by atoms with E-state index >= 15 is 0 Å². The fourth-order valence-corrected chi connectivity index (χ4v) is 7.10. The molecule has 5 rings (SSSR count). The van der Waals surface area contributed by atoms with Crippen LogP contribution in [0, 0.1) is 16.7 Å². The Morgan fingerprint density at radius 3 is 2.06 bits per heavy atom. The van der Waals surface area contributed by atoms with Crippen LogP contribution >= 0.6 is 0 Å². The molecule has 1 aliphatic rings. The number of hydrogen-bond donors (Lipinski definition) is 3. The molecule has 0 bridgehead atoms. The molecule has 268 valence electrons. The predicted molar refractivity (Wildman–Crippen MR) is 203 cm³/mol. The maximum absolute atomic E-state index is 13.8.